The maximum absolute atomic E-state index is 12.1. The summed E-state index contributed by atoms with van der Waals surface area (Å²) < 4.78 is 0. The number of aliphatic hydroxyl groups excluding tert-OH is 2. The normalized spacial score (nSPS) is 25.2. The topological polar surface area (TPSA) is 94.8 Å². The van der Waals surface area contributed by atoms with E-state index in [-0.39, 0.29) is 30.5 Å². The summed E-state index contributed by atoms with van der Waals surface area (Å²) in [6, 6.07) is 0. The first-order valence-electron chi connectivity index (χ1n) is 9.41. The Kier molecular flexibility index (Phi) is 10.3. The van der Waals surface area contributed by atoms with Gasteiger partial charge in [0.2, 0.25) is 0 Å². The number of aliphatic hydroxyl groups is 2. The van der Waals surface area contributed by atoms with Gasteiger partial charge in [0.25, 0.3) is 0 Å². The molecule has 5 heteroatoms. The molecular formula is C20H32O5. The van der Waals surface area contributed by atoms with Crippen molar-refractivity contribution in [3.8, 4) is 0 Å². The number of Topliss-reactive ketones (excluding diaryl/α,β-unsaturated/α-hetero) is 1. The predicted octanol–water partition coefficient (Wildman–Crippen LogP) is 3.25. The molecule has 0 unspecified atom stereocenters. The van der Waals surface area contributed by atoms with E-state index >= 15 is 0 Å². The number of carboxylic acids is 1. The molecule has 0 aliphatic heterocycles. The molecule has 0 aromatic carbocycles. The Morgan fingerprint density at radius 2 is 2.00 bits per heavy atom. The number of aliphatic carboxylic acids is 1. The monoisotopic (exact) mass is 352 g/mol. The number of allylic oxidation sites excluding steroid dienone is 2. The lowest BCUT2D eigenvalue weighted by Gasteiger charge is -2.15. The molecule has 5 nitrogen and oxygen atoms in total. The molecule has 0 amide bonds. The number of ketones is 1. The highest BCUT2D eigenvalue weighted by Gasteiger charge is 2.38. The smallest absolute Gasteiger partial charge is 0.303 e. The van der Waals surface area contributed by atoms with E-state index in [1.54, 1.807) is 12.2 Å². The lowest BCUT2D eigenvalue weighted by atomic mass is 9.92. The molecular weight excluding hydrogens is 320 g/mol. The zero-order chi connectivity index (χ0) is 18.7. The highest BCUT2D eigenvalue weighted by atomic mass is 16.4. The first-order chi connectivity index (χ1) is 12.0. The number of carbonyl (C=O) groups excluding carboxylic acids is 1. The Balaban J connectivity index is 2.49. The molecule has 4 atom stereocenters. The number of carboxylic acid groups (broad SMARTS) is 1. The molecule has 1 fully saturated rings. The van der Waals surface area contributed by atoms with Crippen LogP contribution in [0.4, 0.5) is 0 Å². The summed E-state index contributed by atoms with van der Waals surface area (Å²) in [5, 5.41) is 28.7. The summed E-state index contributed by atoms with van der Waals surface area (Å²) >= 11 is 0. The lowest BCUT2D eigenvalue weighted by molar-refractivity contribution is -0.137. The minimum Gasteiger partial charge on any atom is -0.481 e. The van der Waals surface area contributed by atoms with E-state index in [1.807, 2.05) is 12.2 Å². The van der Waals surface area contributed by atoms with Crippen LogP contribution in [-0.2, 0) is 9.59 Å². The van der Waals surface area contributed by atoms with Gasteiger partial charge in [0, 0.05) is 24.7 Å². The molecule has 1 aliphatic rings. The van der Waals surface area contributed by atoms with Crippen molar-refractivity contribution in [2.75, 3.05) is 0 Å². The largest absolute Gasteiger partial charge is 0.481 e. The molecule has 3 N–H and O–H groups in total. The van der Waals surface area contributed by atoms with E-state index in [2.05, 4.69) is 6.92 Å². The Morgan fingerprint density at radius 1 is 1.24 bits per heavy atom. The Bertz CT molecular complexity index is 469. The number of rotatable bonds is 12. The third-order valence-electron chi connectivity index (χ3n) is 4.65. The number of carbonyl (C=O) groups is 2. The Morgan fingerprint density at radius 3 is 2.68 bits per heavy atom. The summed E-state index contributed by atoms with van der Waals surface area (Å²) in [5.41, 5.74) is 0. The molecule has 1 saturated carbocycles. The molecule has 1 rings (SSSR count). The van der Waals surface area contributed by atoms with E-state index in [0.717, 1.165) is 32.1 Å². The van der Waals surface area contributed by atoms with Crippen molar-refractivity contribution in [2.45, 2.75) is 76.9 Å². The van der Waals surface area contributed by atoms with E-state index in [9.17, 15) is 19.8 Å². The molecule has 0 bridgehead atoms. The maximum Gasteiger partial charge on any atom is 0.303 e. The highest BCUT2D eigenvalue weighted by molar-refractivity contribution is 5.86. The van der Waals surface area contributed by atoms with Gasteiger partial charge in [-0.15, -0.1) is 0 Å². The van der Waals surface area contributed by atoms with E-state index < -0.39 is 18.2 Å². The quantitative estimate of drug-likeness (QED) is 0.370. The van der Waals surface area contributed by atoms with Gasteiger partial charge in [-0.25, -0.2) is 0 Å². The minimum absolute atomic E-state index is 0.0180. The minimum atomic E-state index is -0.791. The van der Waals surface area contributed by atoms with Crippen LogP contribution in [-0.4, -0.2) is 39.3 Å². The second-order valence-corrected chi connectivity index (χ2v) is 6.86. The van der Waals surface area contributed by atoms with Crippen LogP contribution in [0.15, 0.2) is 24.3 Å². The van der Waals surface area contributed by atoms with Crippen LogP contribution in [0.5, 0.6) is 0 Å². The first-order valence-corrected chi connectivity index (χ1v) is 9.41. The van der Waals surface area contributed by atoms with Crippen molar-refractivity contribution in [1.82, 2.24) is 0 Å². The van der Waals surface area contributed by atoms with Crippen LogP contribution in [0.25, 0.3) is 0 Å². The molecule has 25 heavy (non-hydrogen) atoms. The average Bonchev–Trinajstić information content (AvgIpc) is 2.82. The third-order valence-corrected chi connectivity index (χ3v) is 4.65. The maximum atomic E-state index is 12.1. The van der Waals surface area contributed by atoms with Gasteiger partial charge in [-0.2, -0.15) is 0 Å². The van der Waals surface area contributed by atoms with Crippen LogP contribution in [0.2, 0.25) is 0 Å². The lowest BCUT2D eigenvalue weighted by Crippen LogP contribution is -2.17. The zero-order valence-corrected chi connectivity index (χ0v) is 15.1. The van der Waals surface area contributed by atoms with Crippen molar-refractivity contribution in [2.24, 2.45) is 11.8 Å². The predicted molar refractivity (Wildman–Crippen MR) is 97.1 cm³/mol. The van der Waals surface area contributed by atoms with Gasteiger partial charge in [0.1, 0.15) is 5.78 Å². The molecule has 0 saturated heterocycles. The summed E-state index contributed by atoms with van der Waals surface area (Å²) in [4.78, 5) is 22.5. The molecule has 0 aromatic rings. The van der Waals surface area contributed by atoms with Crippen molar-refractivity contribution in [1.29, 1.82) is 0 Å². The second kappa shape index (κ2) is 12.0. The Labute approximate surface area is 150 Å². The number of unbranched alkanes of at least 4 members (excludes halogenated alkanes) is 4. The van der Waals surface area contributed by atoms with Crippen molar-refractivity contribution in [3.05, 3.63) is 24.3 Å². The highest BCUT2D eigenvalue weighted by Crippen LogP contribution is 2.32. The van der Waals surface area contributed by atoms with Crippen LogP contribution in [0.1, 0.15) is 64.7 Å². The van der Waals surface area contributed by atoms with Gasteiger partial charge < -0.3 is 15.3 Å². The average molecular weight is 352 g/mol. The Hall–Kier alpha value is -1.46. The third kappa shape index (κ3) is 8.45. The summed E-state index contributed by atoms with van der Waals surface area (Å²) in [6.45, 7) is 2.11. The fourth-order valence-corrected chi connectivity index (χ4v) is 3.15. The van der Waals surface area contributed by atoms with E-state index in [0.29, 0.717) is 12.8 Å². The summed E-state index contributed by atoms with van der Waals surface area (Å²) in [6.07, 6.45) is 12.3. The standard InChI is InChI=1S/C20H32O5/c1-2-3-6-9-15(21)12-13-17-16(18(22)14-19(17)23)10-7-4-5-8-11-20(24)25/h7,10,12-13,15-17,19,21,23H,2-6,8-9,11,14H2,1H3,(H,24,25)/b10-7+,13-12+/t15-,16+,17+,19+/m0/s1. The second-order valence-electron chi connectivity index (χ2n) is 6.86. The van der Waals surface area contributed by atoms with Gasteiger partial charge in [0.15, 0.2) is 0 Å². The van der Waals surface area contributed by atoms with E-state index in [4.69, 9.17) is 5.11 Å². The van der Waals surface area contributed by atoms with Crippen LogP contribution < -0.4 is 0 Å². The fourth-order valence-electron chi connectivity index (χ4n) is 3.15. The molecule has 142 valence electrons. The molecule has 0 aromatic heterocycles. The van der Waals surface area contributed by atoms with Crippen molar-refractivity contribution < 1.29 is 24.9 Å². The molecule has 1 aliphatic carbocycles. The van der Waals surface area contributed by atoms with Gasteiger partial charge in [-0.3, -0.25) is 9.59 Å². The van der Waals surface area contributed by atoms with Gasteiger partial charge in [-0.1, -0.05) is 50.5 Å². The van der Waals surface area contributed by atoms with Crippen LogP contribution in [0, 0.1) is 11.8 Å². The first kappa shape index (κ1) is 21.6. The summed E-state index contributed by atoms with van der Waals surface area (Å²) in [7, 11) is 0. The molecule has 0 radical (unpaired) electrons. The number of hydrogen-bond acceptors (Lipinski definition) is 4. The zero-order valence-electron chi connectivity index (χ0n) is 15.1. The summed E-state index contributed by atoms with van der Waals surface area (Å²) in [5.74, 6) is -1.41. The SMILES string of the molecule is CCCCC[C@H](O)/C=C/[C@H]1[C@H](O)CC(=O)[C@@H]1/C=C/CCCCC(=O)O. The number of hydrogen-bond donors (Lipinski definition) is 3. The van der Waals surface area contributed by atoms with Crippen LogP contribution in [0.3, 0.4) is 0 Å². The fraction of sp³-hybridized carbons (Fsp3) is 0.700. The van der Waals surface area contributed by atoms with Crippen molar-refractivity contribution >= 4 is 11.8 Å². The van der Waals surface area contributed by atoms with Gasteiger partial charge in [0.05, 0.1) is 12.2 Å². The van der Waals surface area contributed by atoms with Gasteiger partial charge in [-0.05, 0) is 25.7 Å². The van der Waals surface area contributed by atoms with Gasteiger partial charge >= 0.3 is 5.97 Å². The van der Waals surface area contributed by atoms with E-state index in [1.165, 1.54) is 0 Å². The van der Waals surface area contributed by atoms with Crippen LogP contribution >= 0.6 is 0 Å². The molecule has 0 heterocycles. The van der Waals surface area contributed by atoms with Crippen molar-refractivity contribution in [3.63, 3.8) is 0 Å². The molecule has 0 spiro atoms.